The summed E-state index contributed by atoms with van der Waals surface area (Å²) in [6.45, 7) is 1.67. The third kappa shape index (κ3) is 4.81. The molecule has 0 radical (unpaired) electrons. The number of carbonyl (C=O) groups excluding carboxylic acids is 2. The summed E-state index contributed by atoms with van der Waals surface area (Å²) < 4.78 is 18.0. The molecule has 0 saturated carbocycles. The van der Waals surface area contributed by atoms with E-state index in [9.17, 15) is 14.0 Å². The first-order valence-electron chi connectivity index (χ1n) is 7.47. The van der Waals surface area contributed by atoms with Gasteiger partial charge in [0.05, 0.1) is 7.11 Å². The summed E-state index contributed by atoms with van der Waals surface area (Å²) in [7, 11) is 1.55. The highest BCUT2D eigenvalue weighted by atomic mass is 19.1. The molecule has 0 heterocycles. The Kier molecular flexibility index (Phi) is 5.89. The van der Waals surface area contributed by atoms with E-state index >= 15 is 0 Å². The third-order valence-electron chi connectivity index (χ3n) is 3.44. The number of rotatable bonds is 6. The zero-order chi connectivity index (χ0) is 17.5. The summed E-state index contributed by atoms with van der Waals surface area (Å²) in [5, 5.41) is 2.67. The van der Waals surface area contributed by atoms with Crippen molar-refractivity contribution in [2.75, 3.05) is 23.9 Å². The van der Waals surface area contributed by atoms with Crippen molar-refractivity contribution in [2.24, 2.45) is 0 Å². The summed E-state index contributed by atoms with van der Waals surface area (Å²) in [5.41, 5.74) is 1.17. The number of methoxy groups -OCH3 is 1. The fraction of sp³-hybridized carbons (Fsp3) is 0.222. The van der Waals surface area contributed by atoms with E-state index in [1.165, 1.54) is 36.1 Å². The van der Waals surface area contributed by atoms with Crippen LogP contribution in [0.1, 0.15) is 13.3 Å². The fourth-order valence-corrected chi connectivity index (χ4v) is 2.22. The maximum atomic E-state index is 12.8. The maximum absolute atomic E-state index is 12.8. The van der Waals surface area contributed by atoms with Crippen LogP contribution in [0.5, 0.6) is 5.75 Å². The standard InChI is InChI=1S/C18H19FN2O3/c1-13(22)21(16-4-3-5-17(12-16)24-2)11-10-18(23)20-15-8-6-14(19)7-9-15/h3-9,12H,10-11H2,1-2H3,(H,20,23). The zero-order valence-electron chi connectivity index (χ0n) is 13.6. The van der Waals surface area contributed by atoms with Gasteiger partial charge >= 0.3 is 0 Å². The van der Waals surface area contributed by atoms with E-state index in [4.69, 9.17) is 4.74 Å². The van der Waals surface area contributed by atoms with Crippen LogP contribution < -0.4 is 15.0 Å². The smallest absolute Gasteiger partial charge is 0.226 e. The zero-order valence-corrected chi connectivity index (χ0v) is 13.6. The van der Waals surface area contributed by atoms with Crippen molar-refractivity contribution in [3.05, 3.63) is 54.3 Å². The van der Waals surface area contributed by atoms with Crippen LogP contribution in [0.3, 0.4) is 0 Å². The van der Waals surface area contributed by atoms with Gasteiger partial charge < -0.3 is 15.0 Å². The largest absolute Gasteiger partial charge is 0.497 e. The second-order valence-electron chi connectivity index (χ2n) is 5.18. The summed E-state index contributed by atoms with van der Waals surface area (Å²) in [5.74, 6) is -0.156. The van der Waals surface area contributed by atoms with Crippen LogP contribution in [-0.2, 0) is 9.59 Å². The molecule has 2 aromatic carbocycles. The van der Waals surface area contributed by atoms with Gasteiger partial charge in [0.15, 0.2) is 0 Å². The highest BCUT2D eigenvalue weighted by Gasteiger charge is 2.14. The molecule has 1 N–H and O–H groups in total. The molecular formula is C18H19FN2O3. The molecule has 0 fully saturated rings. The van der Waals surface area contributed by atoms with Gasteiger partial charge in [0.1, 0.15) is 11.6 Å². The van der Waals surface area contributed by atoms with Crippen LogP contribution >= 0.6 is 0 Å². The van der Waals surface area contributed by atoms with Crippen molar-refractivity contribution >= 4 is 23.2 Å². The quantitative estimate of drug-likeness (QED) is 0.885. The molecule has 0 aliphatic rings. The Labute approximate surface area is 140 Å². The molecule has 0 aliphatic heterocycles. The van der Waals surface area contributed by atoms with Gasteiger partial charge in [0, 0.05) is 37.3 Å². The molecule has 0 aliphatic carbocycles. The van der Waals surface area contributed by atoms with Crippen LogP contribution in [0.15, 0.2) is 48.5 Å². The second-order valence-corrected chi connectivity index (χ2v) is 5.18. The van der Waals surface area contributed by atoms with E-state index in [0.717, 1.165) is 0 Å². The van der Waals surface area contributed by atoms with Gasteiger partial charge in [-0.1, -0.05) is 6.07 Å². The van der Waals surface area contributed by atoms with Gasteiger partial charge in [0.2, 0.25) is 11.8 Å². The molecule has 126 valence electrons. The predicted molar refractivity (Wildman–Crippen MR) is 90.7 cm³/mol. The Morgan fingerprint density at radius 3 is 2.50 bits per heavy atom. The van der Waals surface area contributed by atoms with Gasteiger partial charge in [-0.25, -0.2) is 4.39 Å². The normalized spacial score (nSPS) is 10.1. The van der Waals surface area contributed by atoms with Crippen molar-refractivity contribution in [2.45, 2.75) is 13.3 Å². The minimum atomic E-state index is -0.367. The number of hydrogen-bond acceptors (Lipinski definition) is 3. The van der Waals surface area contributed by atoms with Gasteiger partial charge in [-0.3, -0.25) is 9.59 Å². The molecule has 0 saturated heterocycles. The number of halogens is 1. The summed E-state index contributed by atoms with van der Waals surface area (Å²) in [4.78, 5) is 25.4. The topological polar surface area (TPSA) is 58.6 Å². The average Bonchev–Trinajstić information content (AvgIpc) is 2.57. The van der Waals surface area contributed by atoms with E-state index in [1.807, 2.05) is 0 Å². The van der Waals surface area contributed by atoms with Crippen LogP contribution in [0.4, 0.5) is 15.8 Å². The third-order valence-corrected chi connectivity index (χ3v) is 3.44. The van der Waals surface area contributed by atoms with Crippen molar-refractivity contribution in [3.8, 4) is 5.75 Å². The van der Waals surface area contributed by atoms with Crippen molar-refractivity contribution in [1.29, 1.82) is 0 Å². The van der Waals surface area contributed by atoms with Crippen molar-refractivity contribution in [3.63, 3.8) is 0 Å². The molecule has 0 spiro atoms. The van der Waals surface area contributed by atoms with E-state index in [2.05, 4.69) is 5.32 Å². The summed E-state index contributed by atoms with van der Waals surface area (Å²) >= 11 is 0. The SMILES string of the molecule is COc1cccc(N(CCC(=O)Nc2ccc(F)cc2)C(C)=O)c1. The molecule has 0 atom stereocenters. The number of anilines is 2. The first kappa shape index (κ1) is 17.5. The minimum Gasteiger partial charge on any atom is -0.497 e. The van der Waals surface area contributed by atoms with Crippen LogP contribution in [0.2, 0.25) is 0 Å². The first-order valence-corrected chi connectivity index (χ1v) is 7.47. The number of hydrogen-bond donors (Lipinski definition) is 1. The molecule has 2 rings (SSSR count). The lowest BCUT2D eigenvalue weighted by atomic mass is 10.2. The number of nitrogens with zero attached hydrogens (tertiary/aromatic N) is 1. The molecule has 2 aromatic rings. The Morgan fingerprint density at radius 1 is 1.17 bits per heavy atom. The highest BCUT2D eigenvalue weighted by molar-refractivity contribution is 5.94. The summed E-state index contributed by atoms with van der Waals surface area (Å²) in [6, 6.07) is 12.6. The lowest BCUT2D eigenvalue weighted by molar-refractivity contribution is -0.117. The Balaban J connectivity index is 1.99. The van der Waals surface area contributed by atoms with Crippen LogP contribution in [0, 0.1) is 5.82 Å². The highest BCUT2D eigenvalue weighted by Crippen LogP contribution is 2.21. The monoisotopic (exact) mass is 330 g/mol. The van der Waals surface area contributed by atoms with Crippen LogP contribution in [0.25, 0.3) is 0 Å². The molecule has 0 bridgehead atoms. The molecule has 0 unspecified atom stereocenters. The van der Waals surface area contributed by atoms with Crippen molar-refractivity contribution in [1.82, 2.24) is 0 Å². The van der Waals surface area contributed by atoms with Crippen LogP contribution in [-0.4, -0.2) is 25.5 Å². The maximum Gasteiger partial charge on any atom is 0.226 e. The molecule has 0 aromatic heterocycles. The Hall–Kier alpha value is -2.89. The lowest BCUT2D eigenvalue weighted by Gasteiger charge is -2.21. The first-order chi connectivity index (χ1) is 11.5. The van der Waals surface area contributed by atoms with E-state index in [1.54, 1.807) is 31.4 Å². The molecule has 2 amide bonds. The minimum absolute atomic E-state index is 0.119. The van der Waals surface area contributed by atoms with E-state index in [0.29, 0.717) is 17.1 Å². The van der Waals surface area contributed by atoms with Gasteiger partial charge in [-0.2, -0.15) is 0 Å². The van der Waals surface area contributed by atoms with Gasteiger partial charge in [-0.05, 0) is 36.4 Å². The van der Waals surface area contributed by atoms with Gasteiger partial charge in [0.25, 0.3) is 0 Å². The molecule has 6 heteroatoms. The predicted octanol–water partition coefficient (Wildman–Crippen LogP) is 3.22. The summed E-state index contributed by atoms with van der Waals surface area (Å²) in [6.07, 6.45) is 0.119. The molecule has 5 nitrogen and oxygen atoms in total. The molecular weight excluding hydrogens is 311 g/mol. The molecule has 24 heavy (non-hydrogen) atoms. The fourth-order valence-electron chi connectivity index (χ4n) is 2.22. The lowest BCUT2D eigenvalue weighted by Crippen LogP contribution is -2.31. The van der Waals surface area contributed by atoms with E-state index in [-0.39, 0.29) is 30.6 Å². The number of nitrogens with one attached hydrogen (secondary N) is 1. The number of carbonyl (C=O) groups is 2. The van der Waals surface area contributed by atoms with Crippen molar-refractivity contribution < 1.29 is 18.7 Å². The average molecular weight is 330 g/mol. The number of amides is 2. The second kappa shape index (κ2) is 8.10. The number of benzene rings is 2. The van der Waals surface area contributed by atoms with Gasteiger partial charge in [-0.15, -0.1) is 0 Å². The van der Waals surface area contributed by atoms with E-state index < -0.39 is 0 Å². The Bertz CT molecular complexity index is 716. The Morgan fingerprint density at radius 2 is 1.88 bits per heavy atom. The number of ether oxygens (including phenoxy) is 1.